The fourth-order valence-electron chi connectivity index (χ4n) is 3.47. The third-order valence-corrected chi connectivity index (χ3v) is 5.05. The van der Waals surface area contributed by atoms with Gasteiger partial charge in [-0.3, -0.25) is 4.79 Å². The predicted octanol–water partition coefficient (Wildman–Crippen LogP) is 4.45. The molecular formula is C21H20F4N4O3. The molecule has 1 amide bonds. The number of amides is 1. The number of alkyl halides is 4. The van der Waals surface area contributed by atoms with Crippen molar-refractivity contribution in [2.24, 2.45) is 5.92 Å². The Balaban J connectivity index is 1.63. The van der Waals surface area contributed by atoms with Gasteiger partial charge in [-0.05, 0) is 25.5 Å². The summed E-state index contributed by atoms with van der Waals surface area (Å²) in [6.07, 6.45) is -2.40. The quantitative estimate of drug-likeness (QED) is 0.560. The standard InChI is InChI=1S/C21H20F4N4O3/c1-2-32-16-8-18-27-15(19(22)12-6-7-31-11-12)10-29(18)9-14(16)28-20(30)13-4-3-5-17(26-13)21(23,24)25/h3-5,8-10,12,19H,2,6-7,11H2,1H3,(H,28,30)/t12-,19+/m0/s1. The number of rotatable bonds is 6. The Kier molecular flexibility index (Phi) is 6.00. The molecule has 0 aromatic carbocycles. The Hall–Kier alpha value is -3.21. The summed E-state index contributed by atoms with van der Waals surface area (Å²) in [6.45, 7) is 2.83. The molecular weight excluding hydrogens is 432 g/mol. The lowest BCUT2D eigenvalue weighted by atomic mass is 10.0. The third-order valence-electron chi connectivity index (χ3n) is 5.05. The fraction of sp³-hybridized carbons (Fsp3) is 0.381. The van der Waals surface area contributed by atoms with E-state index in [1.807, 2.05) is 0 Å². The second-order valence-corrected chi connectivity index (χ2v) is 7.30. The first-order valence-electron chi connectivity index (χ1n) is 9.99. The maximum atomic E-state index is 14.8. The topological polar surface area (TPSA) is 77.8 Å². The normalized spacial score (nSPS) is 17.5. The number of aromatic nitrogens is 3. The third kappa shape index (κ3) is 4.52. The first-order valence-corrected chi connectivity index (χ1v) is 9.99. The molecule has 4 heterocycles. The molecule has 1 N–H and O–H groups in total. The van der Waals surface area contributed by atoms with E-state index in [9.17, 15) is 22.4 Å². The minimum absolute atomic E-state index is 0.187. The largest absolute Gasteiger partial charge is 0.491 e. The van der Waals surface area contributed by atoms with Crippen molar-refractivity contribution >= 4 is 17.2 Å². The summed E-state index contributed by atoms with van der Waals surface area (Å²) in [7, 11) is 0. The van der Waals surface area contributed by atoms with Crippen LogP contribution in [0.15, 0.2) is 36.7 Å². The number of pyridine rings is 2. The van der Waals surface area contributed by atoms with Crippen molar-refractivity contribution in [3.05, 3.63) is 53.7 Å². The highest BCUT2D eigenvalue weighted by Crippen LogP contribution is 2.34. The summed E-state index contributed by atoms with van der Waals surface area (Å²) < 4.78 is 65.9. The predicted molar refractivity (Wildman–Crippen MR) is 106 cm³/mol. The Morgan fingerprint density at radius 3 is 2.84 bits per heavy atom. The van der Waals surface area contributed by atoms with Gasteiger partial charge in [-0.2, -0.15) is 13.2 Å². The Morgan fingerprint density at radius 2 is 2.16 bits per heavy atom. The van der Waals surface area contributed by atoms with Gasteiger partial charge in [0, 0.05) is 31.0 Å². The van der Waals surface area contributed by atoms with Crippen molar-refractivity contribution in [3.8, 4) is 5.75 Å². The summed E-state index contributed by atoms with van der Waals surface area (Å²) in [6, 6.07) is 4.59. The maximum Gasteiger partial charge on any atom is 0.433 e. The molecule has 0 unspecified atom stereocenters. The Morgan fingerprint density at radius 1 is 1.34 bits per heavy atom. The van der Waals surface area contributed by atoms with Gasteiger partial charge in [-0.1, -0.05) is 6.07 Å². The first kappa shape index (κ1) is 22.0. The molecule has 1 saturated heterocycles. The molecule has 3 aromatic rings. The molecule has 170 valence electrons. The van der Waals surface area contributed by atoms with Gasteiger partial charge in [0.15, 0.2) is 0 Å². The fourth-order valence-corrected chi connectivity index (χ4v) is 3.47. The highest BCUT2D eigenvalue weighted by atomic mass is 19.4. The number of anilines is 1. The number of hydrogen-bond donors (Lipinski definition) is 1. The molecule has 0 spiro atoms. The number of imidazole rings is 1. The summed E-state index contributed by atoms with van der Waals surface area (Å²) in [5.41, 5.74) is -0.758. The van der Waals surface area contributed by atoms with E-state index in [0.717, 1.165) is 12.1 Å². The number of nitrogens with one attached hydrogen (secondary N) is 1. The molecule has 1 fully saturated rings. The van der Waals surface area contributed by atoms with Crippen molar-refractivity contribution in [2.75, 3.05) is 25.1 Å². The highest BCUT2D eigenvalue weighted by Gasteiger charge is 2.33. The monoisotopic (exact) mass is 452 g/mol. The molecule has 0 radical (unpaired) electrons. The number of nitrogens with zero attached hydrogens (tertiary/aromatic N) is 3. The van der Waals surface area contributed by atoms with Gasteiger partial charge in [0.05, 0.1) is 18.9 Å². The molecule has 1 aliphatic rings. The van der Waals surface area contributed by atoms with Crippen molar-refractivity contribution in [3.63, 3.8) is 0 Å². The highest BCUT2D eigenvalue weighted by molar-refractivity contribution is 6.03. The van der Waals surface area contributed by atoms with Gasteiger partial charge in [0.2, 0.25) is 0 Å². The van der Waals surface area contributed by atoms with Crippen LogP contribution >= 0.6 is 0 Å². The molecule has 3 aromatic heterocycles. The molecule has 1 aliphatic heterocycles. The lowest BCUT2D eigenvalue weighted by molar-refractivity contribution is -0.141. The Bertz CT molecular complexity index is 1130. The smallest absolute Gasteiger partial charge is 0.433 e. The van der Waals surface area contributed by atoms with Crippen molar-refractivity contribution in [2.45, 2.75) is 25.7 Å². The van der Waals surface area contributed by atoms with Gasteiger partial charge in [0.25, 0.3) is 5.91 Å². The lowest BCUT2D eigenvalue weighted by Crippen LogP contribution is -2.17. The number of fused-ring (bicyclic) bond motifs is 1. The van der Waals surface area contributed by atoms with Crippen LogP contribution in [0.25, 0.3) is 5.65 Å². The van der Waals surface area contributed by atoms with E-state index in [-0.39, 0.29) is 29.7 Å². The molecule has 4 rings (SSSR count). The van der Waals surface area contributed by atoms with E-state index in [1.54, 1.807) is 6.92 Å². The van der Waals surface area contributed by atoms with E-state index in [1.165, 1.54) is 28.9 Å². The van der Waals surface area contributed by atoms with Crippen LogP contribution in [0, 0.1) is 5.92 Å². The molecule has 32 heavy (non-hydrogen) atoms. The summed E-state index contributed by atoms with van der Waals surface area (Å²) >= 11 is 0. The second kappa shape index (κ2) is 8.73. The molecule has 0 bridgehead atoms. The summed E-state index contributed by atoms with van der Waals surface area (Å²) in [5, 5.41) is 2.52. The van der Waals surface area contributed by atoms with Crippen LogP contribution in [-0.4, -0.2) is 40.1 Å². The number of halogens is 4. The average molecular weight is 452 g/mol. The molecule has 7 nitrogen and oxygen atoms in total. The SMILES string of the molecule is CCOc1cc2nc([C@H](F)[C@H]3CCOC3)cn2cc1NC(=O)c1cccc(C(F)(F)F)n1. The zero-order valence-electron chi connectivity index (χ0n) is 17.0. The zero-order valence-corrected chi connectivity index (χ0v) is 17.0. The molecule has 0 saturated carbocycles. The number of hydrogen-bond acceptors (Lipinski definition) is 5. The molecule has 2 atom stereocenters. The first-order chi connectivity index (χ1) is 15.3. The van der Waals surface area contributed by atoms with Gasteiger partial charge < -0.3 is 19.2 Å². The zero-order chi connectivity index (χ0) is 22.9. The van der Waals surface area contributed by atoms with Gasteiger partial charge in [0.1, 0.15) is 34.6 Å². The van der Waals surface area contributed by atoms with Crippen molar-refractivity contribution in [1.82, 2.24) is 14.4 Å². The van der Waals surface area contributed by atoms with Crippen LogP contribution in [0.5, 0.6) is 5.75 Å². The Labute approximate surface area is 180 Å². The van der Waals surface area contributed by atoms with Crippen LogP contribution in [0.2, 0.25) is 0 Å². The second-order valence-electron chi connectivity index (χ2n) is 7.30. The molecule has 0 aliphatic carbocycles. The lowest BCUT2D eigenvalue weighted by Gasteiger charge is -2.12. The van der Waals surface area contributed by atoms with E-state index >= 15 is 0 Å². The number of carbonyl (C=O) groups is 1. The van der Waals surface area contributed by atoms with Gasteiger partial charge in [-0.15, -0.1) is 0 Å². The maximum absolute atomic E-state index is 14.8. The minimum Gasteiger partial charge on any atom is -0.491 e. The summed E-state index contributed by atoms with van der Waals surface area (Å²) in [4.78, 5) is 20.3. The van der Waals surface area contributed by atoms with Crippen LogP contribution in [0.4, 0.5) is 23.2 Å². The van der Waals surface area contributed by atoms with E-state index in [4.69, 9.17) is 9.47 Å². The van der Waals surface area contributed by atoms with E-state index in [2.05, 4.69) is 15.3 Å². The summed E-state index contributed by atoms with van der Waals surface area (Å²) in [5.74, 6) is -0.877. The number of ether oxygens (including phenoxy) is 2. The van der Waals surface area contributed by atoms with Crippen LogP contribution < -0.4 is 10.1 Å². The van der Waals surface area contributed by atoms with Crippen LogP contribution in [0.3, 0.4) is 0 Å². The van der Waals surface area contributed by atoms with Crippen molar-refractivity contribution < 1.29 is 31.8 Å². The van der Waals surface area contributed by atoms with Crippen LogP contribution in [-0.2, 0) is 10.9 Å². The van der Waals surface area contributed by atoms with Crippen molar-refractivity contribution in [1.29, 1.82) is 0 Å². The molecule has 11 heteroatoms. The minimum atomic E-state index is -4.67. The van der Waals surface area contributed by atoms with Crippen LogP contribution in [0.1, 0.15) is 41.4 Å². The van der Waals surface area contributed by atoms with E-state index in [0.29, 0.717) is 25.3 Å². The van der Waals surface area contributed by atoms with Gasteiger partial charge in [-0.25, -0.2) is 14.4 Å². The van der Waals surface area contributed by atoms with Gasteiger partial charge >= 0.3 is 6.18 Å². The number of carbonyl (C=O) groups excluding carboxylic acids is 1. The average Bonchev–Trinajstić information content (AvgIpc) is 3.43. The van der Waals surface area contributed by atoms with E-state index < -0.39 is 29.6 Å².